The van der Waals surface area contributed by atoms with E-state index in [4.69, 9.17) is 14.2 Å². The first-order chi connectivity index (χ1) is 29.4. The van der Waals surface area contributed by atoms with Crippen LogP contribution in [0.2, 0.25) is 0 Å². The molecule has 0 spiro atoms. The molecular weight excluding hydrogens is 872 g/mol. The molecule has 0 fully saturated rings. The summed E-state index contributed by atoms with van der Waals surface area (Å²) in [4.78, 5) is 20.5. The summed E-state index contributed by atoms with van der Waals surface area (Å²) in [5, 5.41) is 22.0. The van der Waals surface area contributed by atoms with E-state index in [0.29, 0.717) is 72.8 Å². The average Bonchev–Trinajstić information content (AvgIpc) is 3.23. The second kappa shape index (κ2) is 16.5. The first kappa shape index (κ1) is 45.2. The lowest BCUT2D eigenvalue weighted by molar-refractivity contribution is -0.385. The van der Waals surface area contributed by atoms with E-state index in [1.807, 2.05) is 0 Å². The number of rotatable bonds is 14. The third-order valence-electron chi connectivity index (χ3n) is 9.35. The maximum absolute atomic E-state index is 16.0. The van der Waals surface area contributed by atoms with Crippen molar-refractivity contribution in [2.45, 2.75) is 35.5 Å². The molecule has 2 atom stereocenters. The van der Waals surface area contributed by atoms with Crippen LogP contribution in [0.15, 0.2) is 146 Å². The van der Waals surface area contributed by atoms with Crippen molar-refractivity contribution in [3.63, 3.8) is 0 Å². The van der Waals surface area contributed by atoms with Gasteiger partial charge in [-0.3, -0.25) is 20.2 Å². The molecule has 0 saturated heterocycles. The quantitative estimate of drug-likeness (QED) is 0.0607. The Morgan fingerprint density at radius 2 is 0.603 bits per heavy atom. The second-order valence-electron chi connectivity index (χ2n) is 13.4. The molecule has 0 radical (unpaired) electrons. The lowest BCUT2D eigenvalue weighted by atomic mass is 9.84. The van der Waals surface area contributed by atoms with Crippen LogP contribution in [0.4, 0.5) is 64.1 Å². The van der Waals surface area contributed by atoms with E-state index in [-0.39, 0.29) is 34.4 Å². The highest BCUT2D eigenvalue weighted by atomic mass is 19.4. The smallest absolute Gasteiger partial charge is 0.433 e. The minimum atomic E-state index is -6.25. The van der Waals surface area contributed by atoms with Crippen molar-refractivity contribution in [3.8, 4) is 34.5 Å². The van der Waals surface area contributed by atoms with Gasteiger partial charge in [0.2, 0.25) is 0 Å². The molecule has 0 aliphatic carbocycles. The van der Waals surface area contributed by atoms with Crippen LogP contribution < -0.4 is 14.2 Å². The summed E-state index contributed by atoms with van der Waals surface area (Å²) < 4.78 is 196. The fourth-order valence-corrected chi connectivity index (χ4v) is 6.14. The molecule has 328 valence electrons. The van der Waals surface area contributed by atoms with Crippen LogP contribution in [0.25, 0.3) is 0 Å². The fourth-order valence-electron chi connectivity index (χ4n) is 6.14. The van der Waals surface area contributed by atoms with Crippen LogP contribution in [0.1, 0.15) is 22.3 Å². The Labute approximate surface area is 346 Å². The molecule has 0 aliphatic heterocycles. The Hall–Kier alpha value is -7.32. The van der Waals surface area contributed by atoms with Crippen molar-refractivity contribution >= 4 is 11.4 Å². The van der Waals surface area contributed by atoms with Gasteiger partial charge in [-0.2, -0.15) is 43.9 Å². The van der Waals surface area contributed by atoms with Crippen LogP contribution in [-0.4, -0.2) is 22.2 Å². The molecule has 6 rings (SSSR count). The van der Waals surface area contributed by atoms with E-state index >= 15 is 26.3 Å². The van der Waals surface area contributed by atoms with Crippen LogP contribution in [-0.2, 0) is 23.2 Å². The van der Waals surface area contributed by atoms with Gasteiger partial charge in [0.05, 0.1) is 22.0 Å². The first-order valence-corrected chi connectivity index (χ1v) is 17.6. The summed E-state index contributed by atoms with van der Waals surface area (Å²) in [6.45, 7) is 0. The predicted molar refractivity (Wildman–Crippen MR) is 198 cm³/mol. The lowest BCUT2D eigenvalue weighted by Gasteiger charge is -2.35. The molecule has 0 N–H and O–H groups in total. The normalized spacial score (nSPS) is 14.2. The highest BCUT2D eigenvalue weighted by Crippen LogP contribution is 2.59. The Morgan fingerprint density at radius 1 is 0.349 bits per heavy atom. The molecule has 6 aromatic rings. The number of non-ortho nitro benzene ring substituents is 2. The van der Waals surface area contributed by atoms with Gasteiger partial charge in [-0.05, 0) is 84.9 Å². The summed E-state index contributed by atoms with van der Waals surface area (Å²) in [5.41, 5.74) is -17.7. The number of alkyl halides is 12. The SMILES string of the molecule is O=[N+]([O-])c1cccc(Oc2ccc(C(F)(F)C(F)(c3ccc(Oc4ccc(C(F)(C(F)(F)F)C(F)(F)c5ccc(Oc6cccc([N+](=O)[O-])c6)cc5)cc4)cc3)C(F)(F)F)cc2)c1. The van der Waals surface area contributed by atoms with E-state index < -0.39 is 79.1 Å². The van der Waals surface area contributed by atoms with Crippen LogP contribution >= 0.6 is 0 Å². The van der Waals surface area contributed by atoms with Gasteiger partial charge in [-0.1, -0.05) is 36.4 Å². The lowest BCUT2D eigenvalue weighted by Crippen LogP contribution is -2.51. The predicted octanol–water partition coefficient (Wildman–Crippen LogP) is 13.9. The van der Waals surface area contributed by atoms with Crippen LogP contribution in [0, 0.1) is 20.2 Å². The Balaban J connectivity index is 1.20. The highest BCUT2D eigenvalue weighted by Gasteiger charge is 2.73. The Bertz CT molecular complexity index is 2430. The van der Waals surface area contributed by atoms with Crippen LogP contribution in [0.3, 0.4) is 0 Å². The number of hydrogen-bond donors (Lipinski definition) is 0. The molecule has 0 amide bonds. The number of nitro benzene ring substituents is 2. The summed E-state index contributed by atoms with van der Waals surface area (Å²) >= 11 is 0. The monoisotopic (exact) mass is 896 g/mol. The summed E-state index contributed by atoms with van der Waals surface area (Å²) in [7, 11) is 0. The number of ether oxygens (including phenoxy) is 3. The molecule has 0 saturated carbocycles. The van der Waals surface area contributed by atoms with Crippen molar-refractivity contribution in [2.75, 3.05) is 0 Å². The Morgan fingerprint density at radius 3 is 0.857 bits per heavy atom. The van der Waals surface area contributed by atoms with Crippen LogP contribution in [0.5, 0.6) is 34.5 Å². The van der Waals surface area contributed by atoms with Gasteiger partial charge in [-0.15, -0.1) is 0 Å². The van der Waals surface area contributed by atoms with Crippen molar-refractivity contribution in [3.05, 3.63) is 188 Å². The molecule has 21 heteroatoms. The number of benzene rings is 6. The number of nitrogens with zero attached hydrogens (tertiary/aromatic N) is 2. The average molecular weight is 897 g/mol. The first-order valence-electron chi connectivity index (χ1n) is 17.6. The van der Waals surface area contributed by atoms with E-state index in [2.05, 4.69) is 0 Å². The number of nitro groups is 2. The molecule has 63 heavy (non-hydrogen) atoms. The number of halogens is 12. The molecular formula is C42H24F12N2O7. The van der Waals surface area contributed by atoms with E-state index in [0.717, 1.165) is 48.5 Å². The van der Waals surface area contributed by atoms with E-state index in [1.54, 1.807) is 0 Å². The van der Waals surface area contributed by atoms with Crippen molar-refractivity contribution in [2.24, 2.45) is 0 Å². The largest absolute Gasteiger partial charge is 0.457 e. The molecule has 9 nitrogen and oxygen atoms in total. The van der Waals surface area contributed by atoms with Gasteiger partial charge in [0, 0.05) is 34.4 Å². The summed E-state index contributed by atoms with van der Waals surface area (Å²) in [6, 6.07) is 17.8. The summed E-state index contributed by atoms with van der Waals surface area (Å²) in [5.74, 6) is -12.3. The molecule has 6 aromatic carbocycles. The summed E-state index contributed by atoms with van der Waals surface area (Å²) in [6.07, 6.45) is -12.5. The Kier molecular flexibility index (Phi) is 11.9. The zero-order valence-electron chi connectivity index (χ0n) is 31.1. The standard InChI is InChI=1S/C42H24F12N2O7/c43-37(41(49,50)51,39(45,46)27-11-19-33(20-12-27)62-35-5-1-3-29(23-35)55(57)58)25-7-15-31(16-8-25)61-32-17-9-26(10-18-32)38(44,42(52,53)54)40(47,48)28-13-21-34(22-14-28)63-36-6-2-4-30(24-36)56(59)60/h1-24H. The molecule has 0 aliphatic rings. The van der Waals surface area contributed by atoms with Crippen molar-refractivity contribution in [1.29, 1.82) is 0 Å². The van der Waals surface area contributed by atoms with Gasteiger partial charge < -0.3 is 14.2 Å². The minimum absolute atomic E-state index is 0.121. The van der Waals surface area contributed by atoms with Gasteiger partial charge >= 0.3 is 24.2 Å². The van der Waals surface area contributed by atoms with E-state index in [9.17, 15) is 46.6 Å². The van der Waals surface area contributed by atoms with Gasteiger partial charge in [-0.25, -0.2) is 8.78 Å². The van der Waals surface area contributed by atoms with E-state index in [1.165, 1.54) is 24.3 Å². The number of hydrogen-bond acceptors (Lipinski definition) is 7. The minimum Gasteiger partial charge on any atom is -0.457 e. The zero-order chi connectivity index (χ0) is 46.2. The fraction of sp³-hybridized carbons (Fsp3) is 0.143. The zero-order valence-corrected chi connectivity index (χ0v) is 31.1. The van der Waals surface area contributed by atoms with Gasteiger partial charge in [0.15, 0.2) is 0 Å². The topological polar surface area (TPSA) is 114 Å². The second-order valence-corrected chi connectivity index (χ2v) is 13.4. The maximum Gasteiger partial charge on any atom is 0.433 e. The van der Waals surface area contributed by atoms with Crippen molar-refractivity contribution < 1.29 is 76.7 Å². The van der Waals surface area contributed by atoms with Crippen molar-refractivity contribution in [1.82, 2.24) is 0 Å². The van der Waals surface area contributed by atoms with Gasteiger partial charge in [0.1, 0.15) is 34.5 Å². The third-order valence-corrected chi connectivity index (χ3v) is 9.35. The molecule has 0 heterocycles. The molecule has 0 aromatic heterocycles. The van der Waals surface area contributed by atoms with Gasteiger partial charge in [0.25, 0.3) is 22.7 Å². The highest BCUT2D eigenvalue weighted by molar-refractivity contribution is 5.45. The third kappa shape index (κ3) is 8.62. The molecule has 2 unspecified atom stereocenters. The maximum atomic E-state index is 16.0. The molecule has 0 bridgehead atoms.